The topological polar surface area (TPSA) is 59.4 Å². The van der Waals surface area contributed by atoms with Gasteiger partial charge in [-0.1, -0.05) is 0 Å². The van der Waals surface area contributed by atoms with Gasteiger partial charge in [0.25, 0.3) is 0 Å². The molecule has 0 spiro atoms. The van der Waals surface area contributed by atoms with Crippen LogP contribution < -0.4 is 0 Å². The third-order valence-corrected chi connectivity index (χ3v) is 3.91. The van der Waals surface area contributed by atoms with Gasteiger partial charge in [0.2, 0.25) is 0 Å². The summed E-state index contributed by atoms with van der Waals surface area (Å²) in [5, 5.41) is 9.19. The van der Waals surface area contributed by atoms with Crippen molar-refractivity contribution in [3.8, 4) is 0 Å². The van der Waals surface area contributed by atoms with Gasteiger partial charge in [-0.2, -0.15) is 0 Å². The van der Waals surface area contributed by atoms with Gasteiger partial charge in [0.05, 0.1) is 17.1 Å². The molecule has 0 fully saturated rings. The third-order valence-electron chi connectivity index (χ3n) is 3.91. The Morgan fingerprint density at radius 2 is 2.10 bits per heavy atom. The summed E-state index contributed by atoms with van der Waals surface area (Å²) in [4.78, 5) is 15.7. The van der Waals surface area contributed by atoms with Crippen molar-refractivity contribution in [3.63, 3.8) is 0 Å². The number of rotatable bonds is 2. The van der Waals surface area contributed by atoms with E-state index in [9.17, 15) is 18.7 Å². The Hall–Kier alpha value is -2.08. The first-order valence-electron chi connectivity index (χ1n) is 6.58. The van der Waals surface area contributed by atoms with Gasteiger partial charge in [0.1, 0.15) is 17.2 Å². The molecule has 1 N–H and O–H groups in total. The molecule has 4 nitrogen and oxygen atoms in total. The molecule has 6 heteroatoms. The quantitative estimate of drug-likeness (QED) is 0.925. The molecule has 1 aliphatic rings. The van der Waals surface area contributed by atoms with Gasteiger partial charge in [-0.3, -0.25) is 0 Å². The number of nitrogens with zero attached hydrogens (tertiary/aromatic N) is 1. The molecule has 3 rings (SSSR count). The Labute approximate surface area is 119 Å². The lowest BCUT2D eigenvalue weighted by molar-refractivity contribution is 0.0689. The van der Waals surface area contributed by atoms with Gasteiger partial charge in [0.15, 0.2) is 0 Å². The van der Waals surface area contributed by atoms with Crippen molar-refractivity contribution in [3.05, 3.63) is 40.6 Å². The number of aryl methyl sites for hydroxylation is 1. The van der Waals surface area contributed by atoms with Crippen molar-refractivity contribution < 1.29 is 23.4 Å². The lowest BCUT2D eigenvalue weighted by Gasteiger charge is -2.25. The summed E-state index contributed by atoms with van der Waals surface area (Å²) in [5.74, 6) is -2.77. The number of aromatic carboxylic acids is 1. The van der Waals surface area contributed by atoms with Crippen molar-refractivity contribution in [2.45, 2.75) is 25.4 Å². The molecule has 1 aromatic carbocycles. The molecule has 1 heterocycles. The fourth-order valence-electron chi connectivity index (χ4n) is 2.88. The minimum absolute atomic E-state index is 0.133. The number of ether oxygens (including phenoxy) is 1. The molecular formula is C15H13F2NO3. The van der Waals surface area contributed by atoms with Crippen LogP contribution in [0.1, 0.15) is 28.0 Å². The van der Waals surface area contributed by atoms with E-state index < -0.39 is 17.6 Å². The predicted molar refractivity (Wildman–Crippen MR) is 71.4 cm³/mol. The van der Waals surface area contributed by atoms with Crippen molar-refractivity contribution in [2.75, 3.05) is 7.11 Å². The van der Waals surface area contributed by atoms with E-state index in [0.717, 1.165) is 12.1 Å². The smallest absolute Gasteiger partial charge is 0.336 e. The van der Waals surface area contributed by atoms with Gasteiger partial charge in [-0.15, -0.1) is 0 Å². The number of fused-ring (bicyclic) bond motifs is 2. The first-order chi connectivity index (χ1) is 10.0. The zero-order valence-corrected chi connectivity index (χ0v) is 11.3. The summed E-state index contributed by atoms with van der Waals surface area (Å²) in [6.07, 6.45) is 1.37. The highest BCUT2D eigenvalue weighted by Crippen LogP contribution is 2.32. The summed E-state index contributed by atoms with van der Waals surface area (Å²) in [6, 6.07) is 1.89. The van der Waals surface area contributed by atoms with Crippen molar-refractivity contribution in [1.82, 2.24) is 4.98 Å². The number of halogens is 2. The third kappa shape index (κ3) is 2.15. The number of methoxy groups -OCH3 is 1. The SMILES string of the molecule is COC1CCc2nc3c(F)ccc(F)c3c(C(=O)O)c2C1. The molecule has 1 atom stereocenters. The number of aromatic nitrogens is 1. The van der Waals surface area contributed by atoms with E-state index in [1.807, 2.05) is 0 Å². The zero-order valence-electron chi connectivity index (χ0n) is 11.3. The highest BCUT2D eigenvalue weighted by atomic mass is 19.1. The maximum atomic E-state index is 14.0. The average molecular weight is 293 g/mol. The fourth-order valence-corrected chi connectivity index (χ4v) is 2.88. The number of pyridine rings is 1. The molecular weight excluding hydrogens is 280 g/mol. The maximum absolute atomic E-state index is 14.0. The van der Waals surface area contributed by atoms with Gasteiger partial charge in [0, 0.05) is 19.2 Å². The van der Waals surface area contributed by atoms with Crippen LogP contribution in [0.3, 0.4) is 0 Å². The largest absolute Gasteiger partial charge is 0.478 e. The molecule has 1 aromatic heterocycles. The van der Waals surface area contributed by atoms with Gasteiger partial charge in [-0.05, 0) is 30.5 Å². The number of hydrogen-bond donors (Lipinski definition) is 1. The number of carbonyl (C=O) groups is 1. The van der Waals surface area contributed by atoms with Crippen LogP contribution in [0, 0.1) is 11.6 Å². The summed E-state index contributed by atoms with van der Waals surface area (Å²) in [5.41, 5.74) is 0.533. The molecule has 110 valence electrons. The monoisotopic (exact) mass is 293 g/mol. The van der Waals surface area contributed by atoms with Crippen LogP contribution in [-0.4, -0.2) is 29.3 Å². The van der Waals surface area contributed by atoms with Crippen LogP contribution in [-0.2, 0) is 17.6 Å². The van der Waals surface area contributed by atoms with Crippen LogP contribution in [0.4, 0.5) is 8.78 Å². The van der Waals surface area contributed by atoms with Crippen LogP contribution in [0.15, 0.2) is 12.1 Å². The van der Waals surface area contributed by atoms with Crippen LogP contribution in [0.5, 0.6) is 0 Å². The highest BCUT2D eigenvalue weighted by Gasteiger charge is 2.28. The molecule has 0 radical (unpaired) electrons. The van der Waals surface area contributed by atoms with Crippen LogP contribution >= 0.6 is 0 Å². The molecule has 1 unspecified atom stereocenters. The summed E-state index contributed by atoms with van der Waals surface area (Å²) >= 11 is 0. The lowest BCUT2D eigenvalue weighted by Crippen LogP contribution is -2.25. The Balaban J connectivity index is 2.38. The predicted octanol–water partition coefficient (Wildman–Crippen LogP) is 2.71. The minimum atomic E-state index is -1.28. The zero-order chi connectivity index (χ0) is 15.1. The summed E-state index contributed by atoms with van der Waals surface area (Å²) in [6.45, 7) is 0. The normalized spacial score (nSPS) is 17.8. The molecule has 0 aliphatic heterocycles. The molecule has 21 heavy (non-hydrogen) atoms. The average Bonchev–Trinajstić information content (AvgIpc) is 2.48. The van der Waals surface area contributed by atoms with E-state index in [1.54, 1.807) is 7.11 Å². The molecule has 1 aliphatic carbocycles. The van der Waals surface area contributed by atoms with Crippen LogP contribution in [0.2, 0.25) is 0 Å². The second-order valence-corrected chi connectivity index (χ2v) is 5.07. The Kier molecular flexibility index (Phi) is 3.33. The highest BCUT2D eigenvalue weighted by molar-refractivity contribution is 6.04. The van der Waals surface area contributed by atoms with Gasteiger partial charge >= 0.3 is 5.97 Å². The van der Waals surface area contributed by atoms with Gasteiger partial charge < -0.3 is 9.84 Å². The van der Waals surface area contributed by atoms with Crippen molar-refractivity contribution in [2.24, 2.45) is 0 Å². The second kappa shape index (κ2) is 5.04. The molecule has 0 amide bonds. The van der Waals surface area contributed by atoms with Gasteiger partial charge in [-0.25, -0.2) is 18.6 Å². The number of carboxylic acids is 1. The van der Waals surface area contributed by atoms with E-state index in [4.69, 9.17) is 4.74 Å². The van der Waals surface area contributed by atoms with E-state index in [1.165, 1.54) is 0 Å². The molecule has 0 saturated heterocycles. The molecule has 0 saturated carbocycles. The number of benzene rings is 1. The first kappa shape index (κ1) is 13.9. The standard InChI is InChI=1S/C15H13F2NO3/c1-21-7-2-5-11-8(6-7)12(15(19)20)13-9(16)3-4-10(17)14(13)18-11/h3-4,7H,2,5-6H2,1H3,(H,19,20). The Morgan fingerprint density at radius 1 is 1.38 bits per heavy atom. The first-order valence-corrected chi connectivity index (χ1v) is 6.58. The lowest BCUT2D eigenvalue weighted by atomic mass is 9.88. The van der Waals surface area contributed by atoms with E-state index >= 15 is 0 Å². The molecule has 0 bridgehead atoms. The maximum Gasteiger partial charge on any atom is 0.336 e. The van der Waals surface area contributed by atoms with E-state index in [0.29, 0.717) is 30.5 Å². The van der Waals surface area contributed by atoms with E-state index in [-0.39, 0.29) is 22.6 Å². The van der Waals surface area contributed by atoms with E-state index in [2.05, 4.69) is 4.98 Å². The second-order valence-electron chi connectivity index (χ2n) is 5.07. The van der Waals surface area contributed by atoms with Crippen LogP contribution in [0.25, 0.3) is 10.9 Å². The summed E-state index contributed by atoms with van der Waals surface area (Å²) in [7, 11) is 1.55. The number of carboxylic acid groups (broad SMARTS) is 1. The van der Waals surface area contributed by atoms with Crippen molar-refractivity contribution >= 4 is 16.9 Å². The number of hydrogen-bond acceptors (Lipinski definition) is 3. The Bertz CT molecular complexity index is 746. The Morgan fingerprint density at radius 3 is 2.76 bits per heavy atom. The summed E-state index contributed by atoms with van der Waals surface area (Å²) < 4.78 is 33.2. The minimum Gasteiger partial charge on any atom is -0.478 e. The molecule has 2 aromatic rings. The fraction of sp³-hybridized carbons (Fsp3) is 0.333. The van der Waals surface area contributed by atoms with Crippen molar-refractivity contribution in [1.29, 1.82) is 0 Å².